The molecule has 0 aromatic carbocycles. The lowest BCUT2D eigenvalue weighted by Gasteiger charge is -2.08. The minimum absolute atomic E-state index is 0.141. The first-order valence-corrected chi connectivity index (χ1v) is 7.71. The Bertz CT molecular complexity index is 860. The highest BCUT2D eigenvalue weighted by Crippen LogP contribution is 2.21. The van der Waals surface area contributed by atoms with E-state index in [1.54, 1.807) is 10.9 Å². The van der Waals surface area contributed by atoms with E-state index in [9.17, 15) is 8.78 Å². The van der Waals surface area contributed by atoms with Crippen molar-refractivity contribution < 1.29 is 18.3 Å². The molecule has 1 saturated heterocycles. The van der Waals surface area contributed by atoms with Crippen LogP contribution in [0.15, 0.2) is 18.5 Å². The van der Waals surface area contributed by atoms with Gasteiger partial charge in [0, 0.05) is 25.1 Å². The smallest absolute Gasteiger partial charge is 0.388 e. The molecule has 11 heteroatoms. The van der Waals surface area contributed by atoms with Crippen molar-refractivity contribution in [2.24, 2.45) is 5.92 Å². The molecule has 3 aromatic rings. The summed E-state index contributed by atoms with van der Waals surface area (Å²) in [5.74, 6) is 0.978. The molecule has 0 spiro atoms. The van der Waals surface area contributed by atoms with Gasteiger partial charge in [-0.1, -0.05) is 0 Å². The van der Waals surface area contributed by atoms with Crippen LogP contribution in [0.2, 0.25) is 0 Å². The van der Waals surface area contributed by atoms with Crippen LogP contribution in [-0.4, -0.2) is 49.8 Å². The summed E-state index contributed by atoms with van der Waals surface area (Å²) in [7, 11) is 0. The van der Waals surface area contributed by atoms with Gasteiger partial charge in [0.1, 0.15) is 5.52 Å². The predicted octanol–water partition coefficient (Wildman–Crippen LogP) is 1.93. The molecule has 1 atom stereocenters. The molecule has 132 valence electrons. The maximum Gasteiger partial charge on any atom is 0.388 e. The van der Waals surface area contributed by atoms with Crippen molar-refractivity contribution in [1.29, 1.82) is 0 Å². The van der Waals surface area contributed by atoms with Gasteiger partial charge in [0.25, 0.3) is 0 Å². The number of anilines is 2. The van der Waals surface area contributed by atoms with E-state index in [-0.39, 0.29) is 5.88 Å². The van der Waals surface area contributed by atoms with Crippen LogP contribution in [0.5, 0.6) is 5.88 Å². The summed E-state index contributed by atoms with van der Waals surface area (Å²) in [6, 6.07) is 1.31. The van der Waals surface area contributed by atoms with Crippen molar-refractivity contribution in [3.63, 3.8) is 0 Å². The third kappa shape index (κ3) is 3.50. The zero-order valence-electron chi connectivity index (χ0n) is 13.0. The number of H-pyrrole nitrogens is 1. The normalized spacial score (nSPS) is 17.5. The molecule has 3 aromatic heterocycles. The van der Waals surface area contributed by atoms with E-state index in [0.29, 0.717) is 41.9 Å². The molecule has 1 fully saturated rings. The molecule has 0 aliphatic carbocycles. The highest BCUT2D eigenvalue weighted by atomic mass is 19.3. The van der Waals surface area contributed by atoms with E-state index in [1.165, 1.54) is 12.3 Å². The summed E-state index contributed by atoms with van der Waals surface area (Å²) in [5, 5.41) is 13.4. The molecule has 0 amide bonds. The molecule has 4 heterocycles. The van der Waals surface area contributed by atoms with Gasteiger partial charge in [0.15, 0.2) is 17.3 Å². The quantitative estimate of drug-likeness (QED) is 0.699. The highest BCUT2D eigenvalue weighted by Gasteiger charge is 2.18. The average molecular weight is 351 g/mol. The number of alkyl halides is 2. The molecule has 25 heavy (non-hydrogen) atoms. The lowest BCUT2D eigenvalue weighted by molar-refractivity contribution is -0.0528. The Morgan fingerprint density at radius 3 is 3.12 bits per heavy atom. The van der Waals surface area contributed by atoms with Crippen LogP contribution in [0, 0.1) is 5.92 Å². The Morgan fingerprint density at radius 2 is 2.32 bits per heavy atom. The number of hydrogen-bond donors (Lipinski definition) is 2. The lowest BCUT2D eigenvalue weighted by Crippen LogP contribution is -2.12. The molecule has 4 rings (SSSR count). The zero-order chi connectivity index (χ0) is 17.2. The van der Waals surface area contributed by atoms with Gasteiger partial charge in [0.2, 0.25) is 5.88 Å². The molecule has 0 bridgehead atoms. The van der Waals surface area contributed by atoms with Crippen LogP contribution in [-0.2, 0) is 11.3 Å². The minimum atomic E-state index is -2.92. The van der Waals surface area contributed by atoms with Crippen LogP contribution in [0.1, 0.15) is 6.42 Å². The number of ether oxygens (including phenoxy) is 2. The third-order valence-electron chi connectivity index (χ3n) is 3.83. The molecule has 0 saturated carbocycles. The standard InChI is InChI=1S/C14H15F2N7O2/c15-14(16)25-12-3-10(21-22-12)19-11-5-17-9-4-18-23(13(9)20-11)6-8-1-2-24-7-8/h3-5,8,14H,1-2,6-7H2,(H2,19,20,21,22)/t8-/m0/s1. The second-order valence-electron chi connectivity index (χ2n) is 5.64. The fraction of sp³-hybridized carbons (Fsp3) is 0.429. The second kappa shape index (κ2) is 6.59. The van der Waals surface area contributed by atoms with Crippen LogP contribution < -0.4 is 10.1 Å². The largest absolute Gasteiger partial charge is 0.417 e. The fourth-order valence-electron chi connectivity index (χ4n) is 2.67. The van der Waals surface area contributed by atoms with E-state index < -0.39 is 6.61 Å². The van der Waals surface area contributed by atoms with Crippen molar-refractivity contribution in [2.45, 2.75) is 19.6 Å². The van der Waals surface area contributed by atoms with Gasteiger partial charge in [0.05, 0.1) is 19.0 Å². The van der Waals surface area contributed by atoms with E-state index in [4.69, 9.17) is 4.74 Å². The summed E-state index contributed by atoms with van der Waals surface area (Å²) in [4.78, 5) is 8.78. The first-order chi connectivity index (χ1) is 12.2. The molecule has 1 aliphatic rings. The van der Waals surface area contributed by atoms with Gasteiger partial charge in [-0.15, -0.1) is 0 Å². The number of aromatic amines is 1. The summed E-state index contributed by atoms with van der Waals surface area (Å²) in [6.45, 7) is -0.730. The van der Waals surface area contributed by atoms with Crippen molar-refractivity contribution in [1.82, 2.24) is 29.9 Å². The van der Waals surface area contributed by atoms with Crippen LogP contribution in [0.25, 0.3) is 11.2 Å². The topological polar surface area (TPSA) is 103 Å². The van der Waals surface area contributed by atoms with Gasteiger partial charge in [-0.3, -0.25) is 0 Å². The van der Waals surface area contributed by atoms with Gasteiger partial charge >= 0.3 is 6.61 Å². The summed E-state index contributed by atoms with van der Waals surface area (Å²) >= 11 is 0. The SMILES string of the molecule is FC(F)Oc1cc(Nc2cnc3cnn(C[C@@H]4CCOC4)c3n2)n[nH]1. The Labute approximate surface area is 140 Å². The van der Waals surface area contributed by atoms with Crippen LogP contribution in [0.3, 0.4) is 0 Å². The number of aromatic nitrogens is 6. The lowest BCUT2D eigenvalue weighted by atomic mass is 10.1. The number of nitrogens with one attached hydrogen (secondary N) is 2. The number of fused-ring (bicyclic) bond motifs is 1. The summed E-state index contributed by atoms with van der Waals surface area (Å²) in [5.41, 5.74) is 1.31. The molecule has 0 unspecified atom stereocenters. The molecule has 9 nitrogen and oxygen atoms in total. The average Bonchev–Trinajstić information content (AvgIpc) is 3.30. The van der Waals surface area contributed by atoms with Gasteiger partial charge in [-0.2, -0.15) is 19.0 Å². The van der Waals surface area contributed by atoms with E-state index in [0.717, 1.165) is 13.0 Å². The van der Waals surface area contributed by atoms with E-state index >= 15 is 0 Å². The molecule has 1 aliphatic heterocycles. The Balaban J connectivity index is 1.52. The monoisotopic (exact) mass is 351 g/mol. The van der Waals surface area contributed by atoms with Crippen molar-refractivity contribution in [3.8, 4) is 5.88 Å². The first-order valence-electron chi connectivity index (χ1n) is 7.71. The molecule has 0 radical (unpaired) electrons. The number of nitrogens with zero attached hydrogens (tertiary/aromatic N) is 5. The molecular formula is C14H15F2N7O2. The van der Waals surface area contributed by atoms with E-state index in [2.05, 4.69) is 35.3 Å². The van der Waals surface area contributed by atoms with Crippen molar-refractivity contribution >= 4 is 22.8 Å². The van der Waals surface area contributed by atoms with Crippen LogP contribution in [0.4, 0.5) is 20.4 Å². The third-order valence-corrected chi connectivity index (χ3v) is 3.83. The van der Waals surface area contributed by atoms with Crippen molar-refractivity contribution in [3.05, 3.63) is 18.5 Å². The maximum absolute atomic E-state index is 12.2. The van der Waals surface area contributed by atoms with Gasteiger partial charge in [-0.25, -0.2) is 19.7 Å². The zero-order valence-corrected chi connectivity index (χ0v) is 13.0. The Morgan fingerprint density at radius 1 is 1.40 bits per heavy atom. The van der Waals surface area contributed by atoms with Gasteiger partial charge < -0.3 is 14.8 Å². The fourth-order valence-corrected chi connectivity index (χ4v) is 2.67. The molecular weight excluding hydrogens is 336 g/mol. The Hall–Kier alpha value is -2.82. The highest BCUT2D eigenvalue weighted by molar-refractivity contribution is 5.71. The molecule has 2 N–H and O–H groups in total. The number of hydrogen-bond acceptors (Lipinski definition) is 7. The minimum Gasteiger partial charge on any atom is -0.417 e. The summed E-state index contributed by atoms with van der Waals surface area (Å²) < 4.78 is 35.8. The van der Waals surface area contributed by atoms with Gasteiger partial charge in [-0.05, 0) is 6.42 Å². The number of halogens is 2. The van der Waals surface area contributed by atoms with E-state index in [1.807, 2.05) is 0 Å². The predicted molar refractivity (Wildman–Crippen MR) is 82.8 cm³/mol. The first kappa shape index (κ1) is 15.7. The maximum atomic E-state index is 12.2. The van der Waals surface area contributed by atoms with Crippen LogP contribution >= 0.6 is 0 Å². The second-order valence-corrected chi connectivity index (χ2v) is 5.64. The number of rotatable bonds is 6. The summed E-state index contributed by atoms with van der Waals surface area (Å²) in [6.07, 6.45) is 4.17. The Kier molecular flexibility index (Phi) is 4.14. The van der Waals surface area contributed by atoms with Crippen molar-refractivity contribution in [2.75, 3.05) is 18.5 Å².